The molecule has 7 heteroatoms. The minimum absolute atomic E-state index is 0.0173. The Hall–Kier alpha value is -2.64. The van der Waals surface area contributed by atoms with Crippen molar-refractivity contribution in [1.29, 1.82) is 0 Å². The van der Waals surface area contributed by atoms with Gasteiger partial charge in [0.05, 0.1) is 16.7 Å². The van der Waals surface area contributed by atoms with E-state index in [2.05, 4.69) is 10.3 Å². The van der Waals surface area contributed by atoms with Gasteiger partial charge < -0.3 is 10.4 Å². The number of hydrogen-bond acceptors (Lipinski definition) is 5. The van der Waals surface area contributed by atoms with Crippen molar-refractivity contribution in [2.45, 2.75) is 32.0 Å². The summed E-state index contributed by atoms with van der Waals surface area (Å²) in [4.78, 5) is 29.7. The van der Waals surface area contributed by atoms with E-state index in [-0.39, 0.29) is 23.8 Å². The molecule has 0 saturated carbocycles. The number of nitrogens with one attached hydrogen (secondary N) is 1. The molecule has 0 spiro atoms. The number of anilines is 1. The molecule has 0 saturated heterocycles. The Morgan fingerprint density at radius 3 is 2.61 bits per heavy atom. The normalized spacial score (nSPS) is 11.0. The first-order chi connectivity index (χ1) is 13.5. The van der Waals surface area contributed by atoms with Gasteiger partial charge in [0, 0.05) is 18.8 Å². The zero-order valence-electron chi connectivity index (χ0n) is 15.9. The number of fused-ring (bicyclic) bond motifs is 1. The Kier molecular flexibility index (Phi) is 6.49. The van der Waals surface area contributed by atoms with Crippen LogP contribution in [0.5, 0.6) is 0 Å². The maximum absolute atomic E-state index is 12.8. The molecule has 0 aliphatic heterocycles. The van der Waals surface area contributed by atoms with E-state index in [1.807, 2.05) is 38.1 Å². The van der Waals surface area contributed by atoms with Crippen LogP contribution in [0.25, 0.3) is 10.9 Å². The first kappa shape index (κ1) is 20.1. The third kappa shape index (κ3) is 4.79. The van der Waals surface area contributed by atoms with Gasteiger partial charge in [0.25, 0.3) is 5.56 Å². The fourth-order valence-corrected chi connectivity index (χ4v) is 3.88. The molecule has 0 aliphatic carbocycles. The van der Waals surface area contributed by atoms with Crippen LogP contribution in [0, 0.1) is 13.8 Å². The number of rotatable bonds is 7. The number of amides is 1. The SMILES string of the molecule is Cc1cc(C)cc(NC(=O)CSc2nc3ccccc3c(=O)n2CCCO)c1. The lowest BCUT2D eigenvalue weighted by Gasteiger charge is -2.13. The van der Waals surface area contributed by atoms with E-state index in [1.165, 1.54) is 16.3 Å². The summed E-state index contributed by atoms with van der Waals surface area (Å²) < 4.78 is 1.54. The number of aromatic nitrogens is 2. The molecular weight excluding hydrogens is 374 g/mol. The van der Waals surface area contributed by atoms with Gasteiger partial charge in [-0.2, -0.15) is 0 Å². The van der Waals surface area contributed by atoms with Crippen LogP contribution in [-0.2, 0) is 11.3 Å². The summed E-state index contributed by atoms with van der Waals surface area (Å²) in [6, 6.07) is 13.0. The van der Waals surface area contributed by atoms with Crippen molar-refractivity contribution in [2.24, 2.45) is 0 Å². The van der Waals surface area contributed by atoms with Crippen LogP contribution in [0.2, 0.25) is 0 Å². The van der Waals surface area contributed by atoms with Gasteiger partial charge in [-0.3, -0.25) is 14.2 Å². The summed E-state index contributed by atoms with van der Waals surface area (Å²) in [6.07, 6.45) is 0.447. The van der Waals surface area contributed by atoms with Crippen LogP contribution in [0.4, 0.5) is 5.69 Å². The molecule has 0 unspecified atom stereocenters. The molecule has 0 bridgehead atoms. The Morgan fingerprint density at radius 1 is 1.18 bits per heavy atom. The van der Waals surface area contributed by atoms with Crippen molar-refractivity contribution >= 4 is 34.3 Å². The predicted molar refractivity (Wildman–Crippen MR) is 113 cm³/mol. The van der Waals surface area contributed by atoms with Crippen LogP contribution in [0.15, 0.2) is 52.4 Å². The molecule has 0 atom stereocenters. The predicted octanol–water partition coefficient (Wildman–Crippen LogP) is 3.13. The van der Waals surface area contributed by atoms with Crippen molar-refractivity contribution in [1.82, 2.24) is 9.55 Å². The van der Waals surface area contributed by atoms with Gasteiger partial charge in [0.1, 0.15) is 0 Å². The highest BCUT2D eigenvalue weighted by molar-refractivity contribution is 7.99. The Bertz CT molecular complexity index is 1040. The molecule has 1 heterocycles. The van der Waals surface area contributed by atoms with Gasteiger partial charge in [0.2, 0.25) is 5.91 Å². The average Bonchev–Trinajstić information content (AvgIpc) is 2.65. The Balaban J connectivity index is 1.80. The first-order valence-electron chi connectivity index (χ1n) is 9.09. The smallest absolute Gasteiger partial charge is 0.262 e. The Labute approximate surface area is 167 Å². The molecule has 0 fully saturated rings. The van der Waals surface area contributed by atoms with Crippen molar-refractivity contribution in [3.05, 3.63) is 63.9 Å². The zero-order chi connectivity index (χ0) is 20.1. The van der Waals surface area contributed by atoms with Gasteiger partial charge in [-0.05, 0) is 55.7 Å². The summed E-state index contributed by atoms with van der Waals surface area (Å²) in [6.45, 7) is 4.30. The van der Waals surface area contributed by atoms with Crippen LogP contribution in [-0.4, -0.2) is 32.9 Å². The summed E-state index contributed by atoms with van der Waals surface area (Å²) in [5, 5.41) is 13.0. The van der Waals surface area contributed by atoms with E-state index in [9.17, 15) is 9.59 Å². The highest BCUT2D eigenvalue weighted by Gasteiger charge is 2.13. The van der Waals surface area contributed by atoms with Gasteiger partial charge in [-0.15, -0.1) is 0 Å². The molecule has 0 radical (unpaired) electrons. The van der Waals surface area contributed by atoms with E-state index < -0.39 is 0 Å². The second kappa shape index (κ2) is 9.03. The first-order valence-corrected chi connectivity index (χ1v) is 10.1. The van der Waals surface area contributed by atoms with Crippen LogP contribution in [0.3, 0.4) is 0 Å². The van der Waals surface area contributed by atoms with Crippen LogP contribution in [0.1, 0.15) is 17.5 Å². The number of aliphatic hydroxyl groups excluding tert-OH is 1. The van der Waals surface area contributed by atoms with E-state index >= 15 is 0 Å². The standard InChI is InChI=1S/C21H23N3O3S/c1-14-10-15(2)12-16(11-14)22-19(26)13-28-21-23-18-7-4-3-6-17(18)20(27)24(21)8-5-9-25/h3-4,6-7,10-12,25H,5,8-9,13H2,1-2H3,(H,22,26). The number of aliphatic hydroxyl groups is 1. The molecule has 28 heavy (non-hydrogen) atoms. The topological polar surface area (TPSA) is 84.2 Å². The highest BCUT2D eigenvalue weighted by Crippen LogP contribution is 2.19. The molecule has 1 aromatic heterocycles. The summed E-state index contributed by atoms with van der Waals surface area (Å²) in [7, 11) is 0. The maximum atomic E-state index is 12.8. The maximum Gasteiger partial charge on any atom is 0.262 e. The number of hydrogen-bond donors (Lipinski definition) is 2. The molecule has 2 aromatic carbocycles. The third-order valence-corrected chi connectivity index (χ3v) is 5.18. The summed E-state index contributed by atoms with van der Waals surface area (Å²) in [5.74, 6) is -0.0252. The van der Waals surface area contributed by atoms with Gasteiger partial charge >= 0.3 is 0 Å². The number of carbonyl (C=O) groups is 1. The Morgan fingerprint density at radius 2 is 1.89 bits per heavy atom. The highest BCUT2D eigenvalue weighted by atomic mass is 32.2. The molecule has 3 aromatic rings. The fourth-order valence-electron chi connectivity index (χ4n) is 3.06. The third-order valence-electron chi connectivity index (χ3n) is 4.20. The minimum atomic E-state index is -0.161. The fraction of sp³-hybridized carbons (Fsp3) is 0.286. The number of para-hydroxylation sites is 1. The minimum Gasteiger partial charge on any atom is -0.396 e. The average molecular weight is 398 g/mol. The lowest BCUT2D eigenvalue weighted by atomic mass is 10.1. The molecule has 2 N–H and O–H groups in total. The van der Waals surface area contributed by atoms with Crippen molar-refractivity contribution in [3.8, 4) is 0 Å². The van der Waals surface area contributed by atoms with E-state index in [1.54, 1.807) is 18.2 Å². The number of aryl methyl sites for hydroxylation is 2. The number of thioether (sulfide) groups is 1. The van der Waals surface area contributed by atoms with Gasteiger partial charge in [-0.25, -0.2) is 4.98 Å². The second-order valence-electron chi connectivity index (χ2n) is 6.66. The number of benzene rings is 2. The van der Waals surface area contributed by atoms with Gasteiger partial charge in [0.15, 0.2) is 5.16 Å². The quantitative estimate of drug-likeness (QED) is 0.473. The summed E-state index contributed by atoms with van der Waals surface area (Å²) in [5.41, 5.74) is 3.36. The number of nitrogens with zero attached hydrogens (tertiary/aromatic N) is 2. The van der Waals surface area contributed by atoms with Crippen molar-refractivity contribution < 1.29 is 9.90 Å². The van der Waals surface area contributed by atoms with Gasteiger partial charge in [-0.1, -0.05) is 30.0 Å². The molecule has 0 aliphatic rings. The van der Waals surface area contributed by atoms with E-state index in [4.69, 9.17) is 5.11 Å². The lowest BCUT2D eigenvalue weighted by molar-refractivity contribution is -0.113. The largest absolute Gasteiger partial charge is 0.396 e. The second-order valence-corrected chi connectivity index (χ2v) is 7.60. The summed E-state index contributed by atoms with van der Waals surface area (Å²) >= 11 is 1.22. The van der Waals surface area contributed by atoms with E-state index in [0.717, 1.165) is 16.8 Å². The molecule has 1 amide bonds. The molecule has 3 rings (SSSR count). The van der Waals surface area contributed by atoms with E-state index in [0.29, 0.717) is 29.0 Å². The molecule has 146 valence electrons. The number of carbonyl (C=O) groups excluding carboxylic acids is 1. The lowest BCUT2D eigenvalue weighted by Crippen LogP contribution is -2.24. The molecule has 6 nitrogen and oxygen atoms in total. The van der Waals surface area contributed by atoms with Crippen LogP contribution >= 0.6 is 11.8 Å². The zero-order valence-corrected chi connectivity index (χ0v) is 16.8. The van der Waals surface area contributed by atoms with Crippen molar-refractivity contribution in [3.63, 3.8) is 0 Å². The monoisotopic (exact) mass is 397 g/mol. The van der Waals surface area contributed by atoms with Crippen molar-refractivity contribution in [2.75, 3.05) is 17.7 Å². The molecular formula is C21H23N3O3S. The van der Waals surface area contributed by atoms with Crippen LogP contribution < -0.4 is 10.9 Å².